The first kappa shape index (κ1) is 10.6. The minimum absolute atomic E-state index is 0.382. The van der Waals surface area contributed by atoms with Crippen LogP contribution in [-0.4, -0.2) is 12.3 Å². The van der Waals surface area contributed by atoms with Crippen LogP contribution in [0.1, 0.15) is 39.5 Å². The predicted molar refractivity (Wildman–Crippen MR) is 47.4 cm³/mol. The monoisotopic (exact) mass is 157 g/mol. The van der Waals surface area contributed by atoms with Gasteiger partial charge in [-0.3, -0.25) is 4.79 Å². The highest BCUT2D eigenvalue weighted by Crippen LogP contribution is 2.05. The number of hydrogen-bond donors (Lipinski definition) is 1. The first-order valence-corrected chi connectivity index (χ1v) is 4.42. The van der Waals surface area contributed by atoms with E-state index in [1.807, 2.05) is 6.92 Å². The van der Waals surface area contributed by atoms with Crippen molar-refractivity contribution in [1.29, 1.82) is 0 Å². The molecule has 0 heterocycles. The summed E-state index contributed by atoms with van der Waals surface area (Å²) in [4.78, 5) is 11.0. The fourth-order valence-corrected chi connectivity index (χ4v) is 0.929. The van der Waals surface area contributed by atoms with E-state index in [-0.39, 0.29) is 0 Å². The Labute approximate surface area is 69.2 Å². The van der Waals surface area contributed by atoms with Crippen LogP contribution in [0.2, 0.25) is 0 Å². The Morgan fingerprint density at radius 3 is 2.55 bits per heavy atom. The molecule has 0 bridgehead atoms. The van der Waals surface area contributed by atoms with Crippen molar-refractivity contribution >= 4 is 5.78 Å². The van der Waals surface area contributed by atoms with Gasteiger partial charge in [0, 0.05) is 12.8 Å². The van der Waals surface area contributed by atoms with Gasteiger partial charge in [-0.05, 0) is 25.3 Å². The number of ketones is 1. The van der Waals surface area contributed by atoms with Gasteiger partial charge in [-0.15, -0.1) is 0 Å². The zero-order valence-corrected chi connectivity index (χ0v) is 7.60. The first-order valence-electron chi connectivity index (χ1n) is 4.42. The Balaban J connectivity index is 3.30. The van der Waals surface area contributed by atoms with Crippen LogP contribution >= 0.6 is 0 Å². The molecule has 0 aromatic rings. The maximum Gasteiger partial charge on any atom is 0.132 e. The van der Waals surface area contributed by atoms with Crippen molar-refractivity contribution in [3.05, 3.63) is 0 Å². The molecule has 0 rings (SSSR count). The van der Waals surface area contributed by atoms with Crippen molar-refractivity contribution in [2.75, 3.05) is 6.54 Å². The molecule has 0 aliphatic heterocycles. The number of Topliss-reactive ketones (excluding diaryl/α,β-unsaturated/α-hetero) is 1. The van der Waals surface area contributed by atoms with E-state index in [0.29, 0.717) is 24.7 Å². The zero-order chi connectivity index (χ0) is 8.69. The summed E-state index contributed by atoms with van der Waals surface area (Å²) >= 11 is 0. The number of carbonyl (C=O) groups is 1. The summed E-state index contributed by atoms with van der Waals surface area (Å²) in [6.07, 6.45) is 3.37. The molecule has 0 radical (unpaired) electrons. The lowest BCUT2D eigenvalue weighted by molar-refractivity contribution is -0.119. The summed E-state index contributed by atoms with van der Waals surface area (Å²) in [5.41, 5.74) is 5.42. The fourth-order valence-electron chi connectivity index (χ4n) is 0.929. The van der Waals surface area contributed by atoms with Gasteiger partial charge in [-0.1, -0.05) is 13.8 Å². The molecule has 1 unspecified atom stereocenters. The molecule has 0 spiro atoms. The Morgan fingerprint density at radius 2 is 2.09 bits per heavy atom. The second kappa shape index (κ2) is 6.35. The molecule has 0 saturated carbocycles. The second-order valence-corrected chi connectivity index (χ2v) is 3.17. The molecule has 2 N–H and O–H groups in total. The third-order valence-electron chi connectivity index (χ3n) is 1.85. The summed E-state index contributed by atoms with van der Waals surface area (Å²) in [6, 6.07) is 0. The van der Waals surface area contributed by atoms with Crippen molar-refractivity contribution in [3.63, 3.8) is 0 Å². The topological polar surface area (TPSA) is 43.1 Å². The van der Waals surface area contributed by atoms with E-state index in [2.05, 4.69) is 6.92 Å². The molecule has 0 aliphatic rings. The molecular formula is C9H19NO. The fraction of sp³-hybridized carbons (Fsp3) is 0.889. The summed E-state index contributed by atoms with van der Waals surface area (Å²) in [7, 11) is 0. The van der Waals surface area contributed by atoms with E-state index in [0.717, 1.165) is 19.3 Å². The largest absolute Gasteiger partial charge is 0.330 e. The average molecular weight is 157 g/mol. The van der Waals surface area contributed by atoms with Gasteiger partial charge >= 0.3 is 0 Å². The third kappa shape index (κ3) is 6.05. The van der Waals surface area contributed by atoms with Gasteiger partial charge in [0.2, 0.25) is 0 Å². The number of hydrogen-bond acceptors (Lipinski definition) is 2. The van der Waals surface area contributed by atoms with Gasteiger partial charge in [-0.2, -0.15) is 0 Å². The van der Waals surface area contributed by atoms with Gasteiger partial charge in [0.15, 0.2) is 0 Å². The molecule has 0 saturated heterocycles. The van der Waals surface area contributed by atoms with Crippen molar-refractivity contribution in [3.8, 4) is 0 Å². The molecule has 0 fully saturated rings. The molecule has 66 valence electrons. The highest BCUT2D eigenvalue weighted by atomic mass is 16.1. The maximum absolute atomic E-state index is 11.0. The average Bonchev–Trinajstić information content (AvgIpc) is 2.01. The highest BCUT2D eigenvalue weighted by molar-refractivity contribution is 5.78. The highest BCUT2D eigenvalue weighted by Gasteiger charge is 2.03. The van der Waals surface area contributed by atoms with E-state index in [1.165, 1.54) is 0 Å². The predicted octanol–water partition coefficient (Wildman–Crippen LogP) is 1.73. The Bertz CT molecular complexity index is 112. The van der Waals surface area contributed by atoms with Crippen LogP contribution in [0.5, 0.6) is 0 Å². The molecule has 0 aliphatic carbocycles. The summed E-state index contributed by atoms with van der Waals surface area (Å²) < 4.78 is 0. The van der Waals surface area contributed by atoms with Crippen LogP contribution < -0.4 is 5.73 Å². The third-order valence-corrected chi connectivity index (χ3v) is 1.85. The van der Waals surface area contributed by atoms with Crippen molar-refractivity contribution in [1.82, 2.24) is 0 Å². The van der Waals surface area contributed by atoms with Crippen molar-refractivity contribution in [2.45, 2.75) is 39.5 Å². The molecule has 0 aromatic carbocycles. The smallest absolute Gasteiger partial charge is 0.132 e. The second-order valence-electron chi connectivity index (χ2n) is 3.17. The zero-order valence-electron chi connectivity index (χ0n) is 7.60. The van der Waals surface area contributed by atoms with Crippen LogP contribution in [0.3, 0.4) is 0 Å². The lowest BCUT2D eigenvalue weighted by Crippen LogP contribution is -2.12. The summed E-state index contributed by atoms with van der Waals surface area (Å²) in [5, 5.41) is 0. The molecule has 0 aromatic heterocycles. The minimum Gasteiger partial charge on any atom is -0.330 e. The molecular weight excluding hydrogens is 138 g/mol. The summed E-state index contributed by atoms with van der Waals surface area (Å²) in [5.74, 6) is 0.878. The van der Waals surface area contributed by atoms with Gasteiger partial charge in [0.1, 0.15) is 5.78 Å². The standard InChI is InChI=1S/C9H19NO/c1-3-4-9(11)6-5-8(2)7-10/h8H,3-7,10H2,1-2H3. The van der Waals surface area contributed by atoms with E-state index >= 15 is 0 Å². The summed E-state index contributed by atoms with van der Waals surface area (Å²) in [6.45, 7) is 4.81. The van der Waals surface area contributed by atoms with Crippen LogP contribution in [0, 0.1) is 5.92 Å². The number of carbonyl (C=O) groups excluding carboxylic acids is 1. The van der Waals surface area contributed by atoms with Crippen LogP contribution in [0.25, 0.3) is 0 Å². The van der Waals surface area contributed by atoms with Gasteiger partial charge in [0.25, 0.3) is 0 Å². The first-order chi connectivity index (χ1) is 5.20. The van der Waals surface area contributed by atoms with E-state index in [4.69, 9.17) is 5.73 Å². The van der Waals surface area contributed by atoms with Crippen LogP contribution in [0.15, 0.2) is 0 Å². The van der Waals surface area contributed by atoms with Gasteiger partial charge in [0.05, 0.1) is 0 Å². The van der Waals surface area contributed by atoms with E-state index in [1.54, 1.807) is 0 Å². The Morgan fingerprint density at radius 1 is 1.45 bits per heavy atom. The van der Waals surface area contributed by atoms with Crippen molar-refractivity contribution < 1.29 is 4.79 Å². The molecule has 2 nitrogen and oxygen atoms in total. The Hall–Kier alpha value is -0.370. The minimum atomic E-state index is 0.382. The number of rotatable bonds is 6. The lowest BCUT2D eigenvalue weighted by Gasteiger charge is -2.05. The lowest BCUT2D eigenvalue weighted by atomic mass is 10.0. The van der Waals surface area contributed by atoms with E-state index in [9.17, 15) is 4.79 Å². The molecule has 11 heavy (non-hydrogen) atoms. The maximum atomic E-state index is 11.0. The molecule has 1 atom stereocenters. The number of nitrogens with two attached hydrogens (primary N) is 1. The SMILES string of the molecule is CCCC(=O)CCC(C)CN. The Kier molecular flexibility index (Phi) is 6.13. The quantitative estimate of drug-likeness (QED) is 0.638. The van der Waals surface area contributed by atoms with E-state index < -0.39 is 0 Å². The van der Waals surface area contributed by atoms with Crippen molar-refractivity contribution in [2.24, 2.45) is 11.7 Å². The normalized spacial score (nSPS) is 13.0. The molecule has 0 amide bonds. The van der Waals surface area contributed by atoms with Crippen LogP contribution in [-0.2, 0) is 4.79 Å². The van der Waals surface area contributed by atoms with Crippen LogP contribution in [0.4, 0.5) is 0 Å². The van der Waals surface area contributed by atoms with Gasteiger partial charge < -0.3 is 5.73 Å². The van der Waals surface area contributed by atoms with Gasteiger partial charge in [-0.25, -0.2) is 0 Å². The molecule has 2 heteroatoms.